The average molecular weight is 555 g/mol. The van der Waals surface area contributed by atoms with Crippen molar-refractivity contribution in [3.05, 3.63) is 79.6 Å². The third-order valence-electron chi connectivity index (χ3n) is 5.82. The lowest BCUT2D eigenvalue weighted by molar-refractivity contribution is -0.148. The number of alkyl halides is 4. The maximum atomic E-state index is 13.4. The van der Waals surface area contributed by atoms with Crippen LogP contribution in [0.5, 0.6) is 5.75 Å². The molecule has 4 rings (SSSR count). The van der Waals surface area contributed by atoms with Crippen LogP contribution in [0.4, 0.5) is 28.0 Å². The predicted molar refractivity (Wildman–Crippen MR) is 129 cm³/mol. The Balaban J connectivity index is 1.52. The number of alkyl carbamates (subject to hydrolysis) is 1. The summed E-state index contributed by atoms with van der Waals surface area (Å²) < 4.78 is 62.0. The van der Waals surface area contributed by atoms with Gasteiger partial charge in [-0.3, -0.25) is 14.4 Å². The van der Waals surface area contributed by atoms with E-state index in [1.165, 1.54) is 12.1 Å². The summed E-state index contributed by atoms with van der Waals surface area (Å²) in [4.78, 5) is 51.1. The number of rotatable bonds is 9. The molecule has 1 fully saturated rings. The molecule has 3 aromatic carbocycles. The Kier molecular flexibility index (Phi) is 7.72. The molecule has 0 bridgehead atoms. The van der Waals surface area contributed by atoms with Crippen LogP contribution in [-0.2, 0) is 16.1 Å². The lowest BCUT2D eigenvalue weighted by atomic mass is 9.96. The molecule has 3 aromatic rings. The van der Waals surface area contributed by atoms with Gasteiger partial charge < -0.3 is 19.7 Å². The van der Waals surface area contributed by atoms with Crippen LogP contribution in [0.1, 0.15) is 12.0 Å². The van der Waals surface area contributed by atoms with Gasteiger partial charge in [-0.05, 0) is 30.2 Å². The summed E-state index contributed by atoms with van der Waals surface area (Å²) in [5, 5.41) is 2.40. The van der Waals surface area contributed by atoms with Crippen molar-refractivity contribution in [2.45, 2.75) is 31.4 Å². The number of nitrogens with zero attached hydrogens (tertiary/aromatic N) is 1. The number of nitrogens with one attached hydrogen (secondary N) is 1. The highest BCUT2D eigenvalue weighted by atomic mass is 35.5. The fourth-order valence-electron chi connectivity index (χ4n) is 3.89. The second kappa shape index (κ2) is 10.8. The van der Waals surface area contributed by atoms with E-state index in [4.69, 9.17) is 21.1 Å². The molecule has 1 aliphatic rings. The van der Waals surface area contributed by atoms with Crippen molar-refractivity contribution in [2.75, 3.05) is 18.1 Å². The first-order valence-electron chi connectivity index (χ1n) is 11.2. The first-order valence-corrected chi connectivity index (χ1v) is 11.6. The van der Waals surface area contributed by atoms with Crippen molar-refractivity contribution in [1.29, 1.82) is 0 Å². The number of halogens is 5. The number of ether oxygens (including phenoxy) is 2. The van der Waals surface area contributed by atoms with Gasteiger partial charge in [0.1, 0.15) is 24.1 Å². The van der Waals surface area contributed by atoms with E-state index in [9.17, 15) is 36.7 Å². The summed E-state index contributed by atoms with van der Waals surface area (Å²) in [5.41, 5.74) is -2.13. The molecule has 2 amide bonds. The fourth-order valence-corrected chi connectivity index (χ4v) is 4.05. The zero-order valence-electron chi connectivity index (χ0n) is 19.4. The van der Waals surface area contributed by atoms with E-state index >= 15 is 0 Å². The number of hydrogen-bond donors (Lipinski definition) is 1. The van der Waals surface area contributed by atoms with Crippen LogP contribution in [0.15, 0.2) is 58.1 Å². The SMILES string of the molecule is O=C(N[C@@H]1CCN(c2c(-c3ccc(Cl)cc3OCC(F)(F)C(F)F)c(=O)c2=O)C1=O)OCc1ccccc1. The highest BCUT2D eigenvalue weighted by Crippen LogP contribution is 2.38. The normalized spacial score (nSPS) is 15.8. The number of anilines is 1. The molecule has 13 heteroatoms. The smallest absolute Gasteiger partial charge is 0.408 e. The topological polar surface area (TPSA) is 102 Å². The molecule has 0 aliphatic carbocycles. The van der Waals surface area contributed by atoms with Crippen LogP contribution in [0.25, 0.3) is 11.1 Å². The molecule has 1 heterocycles. The van der Waals surface area contributed by atoms with Crippen molar-refractivity contribution >= 4 is 29.3 Å². The van der Waals surface area contributed by atoms with E-state index in [1.54, 1.807) is 30.3 Å². The maximum Gasteiger partial charge on any atom is 0.408 e. The van der Waals surface area contributed by atoms with E-state index in [-0.39, 0.29) is 41.4 Å². The number of carbonyl (C=O) groups excluding carboxylic acids is 2. The van der Waals surface area contributed by atoms with Gasteiger partial charge in [-0.2, -0.15) is 8.78 Å². The third kappa shape index (κ3) is 5.49. The van der Waals surface area contributed by atoms with E-state index in [0.717, 1.165) is 16.5 Å². The molecule has 38 heavy (non-hydrogen) atoms. The summed E-state index contributed by atoms with van der Waals surface area (Å²) in [6.07, 6.45) is -4.78. The first-order chi connectivity index (χ1) is 18.0. The summed E-state index contributed by atoms with van der Waals surface area (Å²) >= 11 is 5.88. The molecule has 1 saturated heterocycles. The van der Waals surface area contributed by atoms with E-state index in [0.29, 0.717) is 0 Å². The molecule has 1 N–H and O–H groups in total. The Morgan fingerprint density at radius 1 is 1.11 bits per heavy atom. The average Bonchev–Trinajstić information content (AvgIpc) is 3.24. The lowest BCUT2D eigenvalue weighted by Crippen LogP contribution is -2.46. The minimum Gasteiger partial charge on any atom is -0.486 e. The summed E-state index contributed by atoms with van der Waals surface area (Å²) in [6, 6.07) is 11.2. The van der Waals surface area contributed by atoms with Crippen LogP contribution in [-0.4, -0.2) is 43.5 Å². The van der Waals surface area contributed by atoms with Crippen LogP contribution < -0.4 is 25.8 Å². The second-order valence-corrected chi connectivity index (χ2v) is 8.85. The van der Waals surface area contributed by atoms with Crippen molar-refractivity contribution in [3.8, 4) is 16.9 Å². The second-order valence-electron chi connectivity index (χ2n) is 8.41. The monoisotopic (exact) mass is 554 g/mol. The molecule has 8 nitrogen and oxygen atoms in total. The molecule has 0 aromatic heterocycles. The van der Waals surface area contributed by atoms with Crippen molar-refractivity contribution in [1.82, 2.24) is 5.32 Å². The third-order valence-corrected chi connectivity index (χ3v) is 6.05. The molecular formula is C25H19ClF4N2O6. The summed E-state index contributed by atoms with van der Waals surface area (Å²) in [5.74, 6) is -5.64. The Labute approximate surface area is 217 Å². The Morgan fingerprint density at radius 2 is 1.82 bits per heavy atom. The van der Waals surface area contributed by atoms with Crippen LogP contribution in [0, 0.1) is 0 Å². The molecule has 200 valence electrons. The molecule has 1 aliphatic heterocycles. The number of benzene rings is 2. The first kappa shape index (κ1) is 27.1. The van der Waals surface area contributed by atoms with E-state index in [2.05, 4.69) is 5.32 Å². The minimum absolute atomic E-state index is 0.0140. The number of amides is 2. The highest BCUT2D eigenvalue weighted by Gasteiger charge is 2.43. The molecule has 0 saturated carbocycles. The molecule has 0 spiro atoms. The lowest BCUT2D eigenvalue weighted by Gasteiger charge is -2.23. The van der Waals surface area contributed by atoms with E-state index in [1.807, 2.05) is 0 Å². The molecular weight excluding hydrogens is 536 g/mol. The summed E-state index contributed by atoms with van der Waals surface area (Å²) in [7, 11) is 0. The van der Waals surface area contributed by atoms with E-state index < -0.39 is 53.6 Å². The Bertz CT molecular complexity index is 1430. The van der Waals surface area contributed by atoms with Crippen LogP contribution in [0.2, 0.25) is 5.02 Å². The van der Waals surface area contributed by atoms with Gasteiger partial charge in [0.2, 0.25) is 11.3 Å². The Hall–Kier alpha value is -3.93. The highest BCUT2D eigenvalue weighted by molar-refractivity contribution is 6.30. The van der Waals surface area contributed by atoms with Crippen molar-refractivity contribution < 1.29 is 36.6 Å². The molecule has 0 radical (unpaired) electrons. The van der Waals surface area contributed by atoms with Crippen LogP contribution in [0.3, 0.4) is 0 Å². The van der Waals surface area contributed by atoms with Gasteiger partial charge in [-0.15, -0.1) is 0 Å². The predicted octanol–water partition coefficient (Wildman–Crippen LogP) is 3.91. The van der Waals surface area contributed by atoms with Gasteiger partial charge in [-0.1, -0.05) is 41.9 Å². The van der Waals surface area contributed by atoms with Gasteiger partial charge in [0.15, 0.2) is 6.61 Å². The van der Waals surface area contributed by atoms with Crippen molar-refractivity contribution in [2.24, 2.45) is 0 Å². The largest absolute Gasteiger partial charge is 0.486 e. The van der Waals surface area contributed by atoms with Crippen LogP contribution >= 0.6 is 11.6 Å². The van der Waals surface area contributed by atoms with Gasteiger partial charge in [0.05, 0.1) is 5.56 Å². The molecule has 1 atom stereocenters. The van der Waals surface area contributed by atoms with Crippen molar-refractivity contribution in [3.63, 3.8) is 0 Å². The van der Waals surface area contributed by atoms with Gasteiger partial charge in [0, 0.05) is 17.1 Å². The summed E-state index contributed by atoms with van der Waals surface area (Å²) in [6.45, 7) is -1.81. The molecule has 0 unspecified atom stereocenters. The standard InChI is InChI=1S/C25H19ClF4N2O6/c26-14-6-7-15(17(10-14)38-12-25(29,30)23(27)28)18-19(21(34)20(18)33)32-9-8-16(22(32)35)31-24(36)37-11-13-4-2-1-3-5-13/h1-7,10,16,23H,8-9,11-12H2,(H,31,36)/t16-/m1/s1. The fraction of sp³-hybridized carbons (Fsp3) is 0.280. The van der Waals surface area contributed by atoms with Gasteiger partial charge in [0.25, 0.3) is 5.43 Å². The zero-order valence-corrected chi connectivity index (χ0v) is 20.1. The number of carbonyl (C=O) groups is 2. The number of hydrogen-bond acceptors (Lipinski definition) is 6. The Morgan fingerprint density at radius 3 is 2.50 bits per heavy atom. The van der Waals surface area contributed by atoms with Gasteiger partial charge >= 0.3 is 18.4 Å². The minimum atomic E-state index is -4.49. The maximum absolute atomic E-state index is 13.4. The van der Waals surface area contributed by atoms with Gasteiger partial charge in [-0.25, -0.2) is 13.6 Å². The zero-order chi connectivity index (χ0) is 27.6. The quantitative estimate of drug-likeness (QED) is 0.318.